The Kier molecular flexibility index (Phi) is 6.21. The Morgan fingerprint density at radius 1 is 1.00 bits per heavy atom. The maximum atomic E-state index is 12.3. The number of sulfonamides is 1. The van der Waals surface area contributed by atoms with Gasteiger partial charge < -0.3 is 5.32 Å². The van der Waals surface area contributed by atoms with Gasteiger partial charge in [-0.25, -0.2) is 13.1 Å². The van der Waals surface area contributed by atoms with Gasteiger partial charge in [-0.05, 0) is 31.0 Å². The summed E-state index contributed by atoms with van der Waals surface area (Å²) >= 11 is 0. The third-order valence-corrected chi connectivity index (χ3v) is 5.37. The van der Waals surface area contributed by atoms with E-state index in [0.29, 0.717) is 0 Å². The van der Waals surface area contributed by atoms with Gasteiger partial charge in [0, 0.05) is 12.6 Å². The molecule has 2 rings (SSSR count). The van der Waals surface area contributed by atoms with E-state index in [1.807, 2.05) is 31.3 Å². The fraction of sp³-hybridized carbons (Fsp3) is 0.625. The largest absolute Gasteiger partial charge is 0.316 e. The lowest BCUT2D eigenvalue weighted by Gasteiger charge is -2.16. The molecular weight excluding hydrogens is 284 g/mol. The molecule has 0 atom stereocenters. The molecule has 0 unspecified atom stereocenters. The minimum Gasteiger partial charge on any atom is -0.316 e. The summed E-state index contributed by atoms with van der Waals surface area (Å²) in [5.41, 5.74) is 2.01. The van der Waals surface area contributed by atoms with Gasteiger partial charge in [-0.1, -0.05) is 49.9 Å². The van der Waals surface area contributed by atoms with Gasteiger partial charge in [-0.3, -0.25) is 0 Å². The fourth-order valence-corrected chi connectivity index (χ4v) is 4.33. The topological polar surface area (TPSA) is 58.2 Å². The number of nitrogens with one attached hydrogen (secondary N) is 2. The predicted molar refractivity (Wildman–Crippen MR) is 86.5 cm³/mol. The molecule has 118 valence electrons. The molecule has 2 N–H and O–H groups in total. The van der Waals surface area contributed by atoms with Gasteiger partial charge in [-0.15, -0.1) is 0 Å². The Labute approximate surface area is 128 Å². The molecular formula is C16H26N2O2S. The highest BCUT2D eigenvalue weighted by molar-refractivity contribution is 7.88. The quantitative estimate of drug-likeness (QED) is 0.794. The van der Waals surface area contributed by atoms with Crippen LogP contribution in [0.15, 0.2) is 24.3 Å². The summed E-state index contributed by atoms with van der Waals surface area (Å²) in [5.74, 6) is 0.0728. The zero-order valence-corrected chi connectivity index (χ0v) is 13.6. The molecule has 1 aromatic carbocycles. The van der Waals surface area contributed by atoms with Crippen LogP contribution in [-0.4, -0.2) is 21.5 Å². The highest BCUT2D eigenvalue weighted by Gasteiger charge is 2.19. The molecule has 5 heteroatoms. The van der Waals surface area contributed by atoms with Crippen molar-refractivity contribution in [1.29, 1.82) is 0 Å². The maximum Gasteiger partial charge on any atom is 0.216 e. The van der Waals surface area contributed by atoms with Crippen molar-refractivity contribution in [2.24, 2.45) is 0 Å². The van der Waals surface area contributed by atoms with Crippen molar-refractivity contribution >= 4 is 10.0 Å². The second kappa shape index (κ2) is 7.92. The van der Waals surface area contributed by atoms with Gasteiger partial charge in [0.1, 0.15) is 0 Å². The van der Waals surface area contributed by atoms with Gasteiger partial charge >= 0.3 is 0 Å². The third-order valence-electron chi connectivity index (χ3n) is 3.96. The summed E-state index contributed by atoms with van der Waals surface area (Å²) in [4.78, 5) is 0. The third kappa shape index (κ3) is 5.77. The molecule has 0 radical (unpaired) electrons. The van der Waals surface area contributed by atoms with Crippen LogP contribution in [0.2, 0.25) is 0 Å². The van der Waals surface area contributed by atoms with Crippen molar-refractivity contribution in [2.45, 2.75) is 56.9 Å². The average molecular weight is 310 g/mol. The van der Waals surface area contributed by atoms with Crippen molar-refractivity contribution < 1.29 is 8.42 Å². The van der Waals surface area contributed by atoms with Crippen molar-refractivity contribution in [3.05, 3.63) is 35.4 Å². The lowest BCUT2D eigenvalue weighted by Crippen LogP contribution is -2.35. The highest BCUT2D eigenvalue weighted by Crippen LogP contribution is 2.18. The van der Waals surface area contributed by atoms with Crippen LogP contribution in [0.1, 0.15) is 49.7 Å². The molecule has 1 aliphatic carbocycles. The number of benzene rings is 1. The lowest BCUT2D eigenvalue weighted by molar-refractivity contribution is 0.509. The van der Waals surface area contributed by atoms with Crippen molar-refractivity contribution in [3.8, 4) is 0 Å². The first-order chi connectivity index (χ1) is 10.1. The van der Waals surface area contributed by atoms with E-state index >= 15 is 0 Å². The summed E-state index contributed by atoms with van der Waals surface area (Å²) in [6.07, 6.45) is 6.66. The minimum atomic E-state index is -3.24. The smallest absolute Gasteiger partial charge is 0.216 e. The molecule has 0 bridgehead atoms. The molecule has 1 fully saturated rings. The molecule has 0 spiro atoms. The SMILES string of the molecule is CNCc1ccc(CS(=O)(=O)NC2CCCCCC2)cc1. The Hall–Kier alpha value is -0.910. The van der Waals surface area contributed by atoms with Crippen LogP contribution in [0.5, 0.6) is 0 Å². The minimum absolute atomic E-state index is 0.0728. The van der Waals surface area contributed by atoms with E-state index in [2.05, 4.69) is 10.0 Å². The van der Waals surface area contributed by atoms with E-state index in [9.17, 15) is 8.42 Å². The Morgan fingerprint density at radius 2 is 1.57 bits per heavy atom. The van der Waals surface area contributed by atoms with Crippen molar-refractivity contribution in [3.63, 3.8) is 0 Å². The van der Waals surface area contributed by atoms with Crippen LogP contribution in [0.3, 0.4) is 0 Å². The van der Waals surface area contributed by atoms with Crippen molar-refractivity contribution in [2.75, 3.05) is 7.05 Å². The van der Waals surface area contributed by atoms with Crippen LogP contribution in [0.4, 0.5) is 0 Å². The summed E-state index contributed by atoms with van der Waals surface area (Å²) in [6, 6.07) is 7.89. The molecule has 0 saturated heterocycles. The number of rotatable bonds is 6. The van der Waals surface area contributed by atoms with Crippen LogP contribution in [-0.2, 0) is 22.3 Å². The van der Waals surface area contributed by atoms with E-state index in [0.717, 1.165) is 43.4 Å². The molecule has 1 saturated carbocycles. The zero-order chi connectivity index (χ0) is 15.1. The molecule has 1 aliphatic rings. The molecule has 1 aromatic rings. The molecule has 0 aromatic heterocycles. The predicted octanol–water partition coefficient (Wildman–Crippen LogP) is 2.55. The van der Waals surface area contributed by atoms with E-state index < -0.39 is 10.0 Å². The van der Waals surface area contributed by atoms with Crippen molar-refractivity contribution in [1.82, 2.24) is 10.0 Å². The summed E-state index contributed by atoms with van der Waals surface area (Å²) < 4.78 is 27.4. The van der Waals surface area contributed by atoms with Gasteiger partial charge in [-0.2, -0.15) is 0 Å². The number of hydrogen-bond acceptors (Lipinski definition) is 3. The summed E-state index contributed by atoms with van der Waals surface area (Å²) in [7, 11) is -1.34. The lowest BCUT2D eigenvalue weighted by atomic mass is 10.1. The van der Waals surface area contributed by atoms with Crippen LogP contribution >= 0.6 is 0 Å². The van der Waals surface area contributed by atoms with E-state index in [1.165, 1.54) is 12.8 Å². The molecule has 0 heterocycles. The Balaban J connectivity index is 1.93. The van der Waals surface area contributed by atoms with Gasteiger partial charge in [0.2, 0.25) is 10.0 Å². The van der Waals surface area contributed by atoms with E-state index in [1.54, 1.807) is 0 Å². The average Bonchev–Trinajstić information content (AvgIpc) is 2.69. The van der Waals surface area contributed by atoms with E-state index in [4.69, 9.17) is 0 Å². The molecule has 0 amide bonds. The van der Waals surface area contributed by atoms with Gasteiger partial charge in [0.25, 0.3) is 0 Å². The first-order valence-corrected chi connectivity index (χ1v) is 9.47. The van der Waals surface area contributed by atoms with Crippen LogP contribution in [0, 0.1) is 0 Å². The normalized spacial score (nSPS) is 17.6. The van der Waals surface area contributed by atoms with Gasteiger partial charge in [0.15, 0.2) is 0 Å². The second-order valence-corrected chi connectivity index (χ2v) is 7.67. The van der Waals surface area contributed by atoms with Gasteiger partial charge in [0.05, 0.1) is 5.75 Å². The van der Waals surface area contributed by atoms with Crippen LogP contribution in [0.25, 0.3) is 0 Å². The highest BCUT2D eigenvalue weighted by atomic mass is 32.2. The Morgan fingerprint density at radius 3 is 2.14 bits per heavy atom. The molecule has 21 heavy (non-hydrogen) atoms. The van der Waals surface area contributed by atoms with E-state index in [-0.39, 0.29) is 11.8 Å². The number of hydrogen-bond donors (Lipinski definition) is 2. The second-order valence-electron chi connectivity index (χ2n) is 5.91. The molecule has 0 aliphatic heterocycles. The fourth-order valence-electron chi connectivity index (χ4n) is 2.87. The Bertz CT molecular complexity index is 518. The van der Waals surface area contributed by atoms with Crippen LogP contribution < -0.4 is 10.0 Å². The monoisotopic (exact) mass is 310 g/mol. The summed E-state index contributed by atoms with van der Waals surface area (Å²) in [5, 5.41) is 3.08. The maximum absolute atomic E-state index is 12.3. The first kappa shape index (κ1) is 16.5. The molecule has 4 nitrogen and oxygen atoms in total. The zero-order valence-electron chi connectivity index (χ0n) is 12.8. The summed E-state index contributed by atoms with van der Waals surface area (Å²) in [6.45, 7) is 0.799. The standard InChI is InChI=1S/C16H26N2O2S/c1-17-12-14-8-10-15(11-9-14)13-21(19,20)18-16-6-4-2-3-5-7-16/h8-11,16-18H,2-7,12-13H2,1H3. The first-order valence-electron chi connectivity index (χ1n) is 7.81.